The first-order chi connectivity index (χ1) is 8.63. The summed E-state index contributed by atoms with van der Waals surface area (Å²) < 4.78 is 17.7. The number of rotatable bonds is 6. The highest BCUT2D eigenvalue weighted by molar-refractivity contribution is 8.00. The van der Waals surface area contributed by atoms with E-state index in [2.05, 4.69) is 10.1 Å². The number of ether oxygens (including phenoxy) is 1. The SMILES string of the molecule is COC(=O)CCNC(=O)CSc1ccccc1F. The van der Waals surface area contributed by atoms with Crippen LogP contribution in [0.25, 0.3) is 0 Å². The summed E-state index contributed by atoms with van der Waals surface area (Å²) in [6.45, 7) is 0.226. The highest BCUT2D eigenvalue weighted by atomic mass is 32.2. The van der Waals surface area contributed by atoms with Gasteiger partial charge in [0.2, 0.25) is 5.91 Å². The van der Waals surface area contributed by atoms with E-state index in [1.165, 1.54) is 13.2 Å². The molecule has 0 radical (unpaired) electrons. The smallest absolute Gasteiger partial charge is 0.307 e. The third-order valence-electron chi connectivity index (χ3n) is 2.07. The predicted octanol–water partition coefficient (Wildman–Crippen LogP) is 1.60. The lowest BCUT2D eigenvalue weighted by atomic mass is 10.3. The predicted molar refractivity (Wildman–Crippen MR) is 66.8 cm³/mol. The summed E-state index contributed by atoms with van der Waals surface area (Å²) in [5.74, 6) is -0.851. The molecule has 18 heavy (non-hydrogen) atoms. The van der Waals surface area contributed by atoms with Gasteiger partial charge < -0.3 is 10.1 Å². The molecule has 1 aromatic carbocycles. The quantitative estimate of drug-likeness (QED) is 0.630. The minimum atomic E-state index is -0.378. The van der Waals surface area contributed by atoms with Crippen molar-refractivity contribution in [3.05, 3.63) is 30.1 Å². The number of amides is 1. The van der Waals surface area contributed by atoms with Gasteiger partial charge in [-0.05, 0) is 12.1 Å². The zero-order valence-electron chi connectivity index (χ0n) is 9.94. The van der Waals surface area contributed by atoms with Crippen LogP contribution in [-0.2, 0) is 14.3 Å². The number of thioether (sulfide) groups is 1. The van der Waals surface area contributed by atoms with Crippen molar-refractivity contribution in [3.63, 3.8) is 0 Å². The highest BCUT2D eigenvalue weighted by Crippen LogP contribution is 2.20. The van der Waals surface area contributed by atoms with Crippen molar-refractivity contribution >= 4 is 23.6 Å². The normalized spacial score (nSPS) is 9.89. The molecule has 6 heteroatoms. The van der Waals surface area contributed by atoms with Gasteiger partial charge in [-0.15, -0.1) is 11.8 Å². The molecule has 0 spiro atoms. The summed E-state index contributed by atoms with van der Waals surface area (Å²) in [5, 5.41) is 2.55. The first-order valence-electron chi connectivity index (χ1n) is 5.34. The average Bonchev–Trinajstić information content (AvgIpc) is 2.37. The van der Waals surface area contributed by atoms with Gasteiger partial charge in [-0.3, -0.25) is 9.59 Å². The van der Waals surface area contributed by atoms with Crippen LogP contribution in [0.4, 0.5) is 4.39 Å². The molecule has 0 unspecified atom stereocenters. The number of benzene rings is 1. The van der Waals surface area contributed by atoms with Crippen LogP contribution in [0.1, 0.15) is 6.42 Å². The third kappa shape index (κ3) is 5.18. The largest absolute Gasteiger partial charge is 0.469 e. The zero-order chi connectivity index (χ0) is 13.4. The number of methoxy groups -OCH3 is 1. The van der Waals surface area contributed by atoms with Gasteiger partial charge >= 0.3 is 5.97 Å². The molecular formula is C12H14FNO3S. The van der Waals surface area contributed by atoms with Crippen molar-refractivity contribution < 1.29 is 18.7 Å². The molecular weight excluding hydrogens is 257 g/mol. The number of carbonyl (C=O) groups excluding carboxylic acids is 2. The van der Waals surface area contributed by atoms with Crippen LogP contribution < -0.4 is 5.32 Å². The molecule has 0 heterocycles. The van der Waals surface area contributed by atoms with Crippen LogP contribution in [0.5, 0.6) is 0 Å². The number of carbonyl (C=O) groups is 2. The van der Waals surface area contributed by atoms with Crippen molar-refractivity contribution in [2.75, 3.05) is 19.4 Å². The second-order valence-corrected chi connectivity index (χ2v) is 4.41. The lowest BCUT2D eigenvalue weighted by molar-refractivity contribution is -0.140. The summed E-state index contributed by atoms with van der Waals surface area (Å²) in [7, 11) is 1.29. The van der Waals surface area contributed by atoms with Gasteiger partial charge in [0.25, 0.3) is 0 Å². The second kappa shape index (κ2) is 7.71. The molecule has 0 aromatic heterocycles. The monoisotopic (exact) mass is 271 g/mol. The summed E-state index contributed by atoms with van der Waals surface area (Å²) in [4.78, 5) is 22.6. The summed E-state index contributed by atoms with van der Waals surface area (Å²) in [5.41, 5.74) is 0. The lowest BCUT2D eigenvalue weighted by Gasteiger charge is -2.05. The van der Waals surface area contributed by atoms with Crippen LogP contribution in [0.2, 0.25) is 0 Å². The van der Waals surface area contributed by atoms with E-state index in [4.69, 9.17) is 0 Å². The van der Waals surface area contributed by atoms with Gasteiger partial charge in [-0.1, -0.05) is 12.1 Å². The van der Waals surface area contributed by atoms with Crippen LogP contribution in [0.3, 0.4) is 0 Å². The maximum Gasteiger partial charge on any atom is 0.307 e. The Morgan fingerprint density at radius 2 is 2.11 bits per heavy atom. The molecule has 0 aliphatic heterocycles. The fraction of sp³-hybridized carbons (Fsp3) is 0.333. The minimum Gasteiger partial charge on any atom is -0.469 e. The van der Waals surface area contributed by atoms with Crippen molar-refractivity contribution in [1.82, 2.24) is 5.32 Å². The maximum atomic E-state index is 13.2. The summed E-state index contributed by atoms with van der Waals surface area (Å²) >= 11 is 1.12. The Kier molecular flexibility index (Phi) is 6.21. The average molecular weight is 271 g/mol. The van der Waals surface area contributed by atoms with E-state index in [1.54, 1.807) is 18.2 Å². The van der Waals surface area contributed by atoms with Gasteiger partial charge in [0.05, 0.1) is 19.3 Å². The van der Waals surface area contributed by atoms with Crippen LogP contribution in [0.15, 0.2) is 29.2 Å². The first kappa shape index (κ1) is 14.5. The Hall–Kier alpha value is -1.56. The number of hydrogen-bond donors (Lipinski definition) is 1. The molecule has 4 nitrogen and oxygen atoms in total. The topological polar surface area (TPSA) is 55.4 Å². The molecule has 0 aliphatic carbocycles. The zero-order valence-corrected chi connectivity index (χ0v) is 10.8. The van der Waals surface area contributed by atoms with Gasteiger partial charge in [-0.2, -0.15) is 0 Å². The fourth-order valence-electron chi connectivity index (χ4n) is 1.16. The molecule has 1 aromatic rings. The number of esters is 1. The van der Waals surface area contributed by atoms with Crippen molar-refractivity contribution in [1.29, 1.82) is 0 Å². The molecule has 98 valence electrons. The van der Waals surface area contributed by atoms with Crippen LogP contribution in [0, 0.1) is 5.82 Å². The second-order valence-electron chi connectivity index (χ2n) is 3.40. The van der Waals surface area contributed by atoms with Crippen molar-refractivity contribution in [2.24, 2.45) is 0 Å². The van der Waals surface area contributed by atoms with Crippen LogP contribution in [-0.4, -0.2) is 31.3 Å². The summed E-state index contributed by atoms with van der Waals surface area (Å²) in [6.07, 6.45) is 0.132. The van der Waals surface area contributed by atoms with Gasteiger partial charge in [-0.25, -0.2) is 4.39 Å². The minimum absolute atomic E-state index is 0.113. The van der Waals surface area contributed by atoms with E-state index < -0.39 is 0 Å². The van der Waals surface area contributed by atoms with E-state index in [-0.39, 0.29) is 36.4 Å². The number of hydrogen-bond acceptors (Lipinski definition) is 4. The summed E-state index contributed by atoms with van der Waals surface area (Å²) in [6, 6.07) is 6.26. The van der Waals surface area contributed by atoms with E-state index in [9.17, 15) is 14.0 Å². The molecule has 0 fully saturated rings. The Balaban J connectivity index is 2.25. The molecule has 1 rings (SSSR count). The number of halogens is 1. The molecule has 1 N–H and O–H groups in total. The van der Waals surface area contributed by atoms with E-state index in [0.29, 0.717) is 4.90 Å². The van der Waals surface area contributed by atoms with Gasteiger partial charge in [0.1, 0.15) is 5.82 Å². The van der Waals surface area contributed by atoms with Crippen molar-refractivity contribution in [3.8, 4) is 0 Å². The first-order valence-corrected chi connectivity index (χ1v) is 6.33. The fourth-order valence-corrected chi connectivity index (χ4v) is 1.93. The van der Waals surface area contributed by atoms with E-state index >= 15 is 0 Å². The molecule has 0 bridgehead atoms. The molecule has 0 saturated heterocycles. The van der Waals surface area contributed by atoms with E-state index in [0.717, 1.165) is 11.8 Å². The Morgan fingerprint density at radius 1 is 1.39 bits per heavy atom. The highest BCUT2D eigenvalue weighted by Gasteiger charge is 2.07. The standard InChI is InChI=1S/C12H14FNO3S/c1-17-12(16)6-7-14-11(15)8-18-10-5-3-2-4-9(10)13/h2-5H,6-8H2,1H3,(H,14,15). The van der Waals surface area contributed by atoms with Gasteiger partial charge in [0.15, 0.2) is 0 Å². The Morgan fingerprint density at radius 3 is 2.78 bits per heavy atom. The molecule has 0 saturated carbocycles. The third-order valence-corrected chi connectivity index (χ3v) is 3.12. The Labute approximate surface area is 109 Å². The van der Waals surface area contributed by atoms with E-state index in [1.807, 2.05) is 0 Å². The maximum absolute atomic E-state index is 13.2. The van der Waals surface area contributed by atoms with Crippen LogP contribution >= 0.6 is 11.8 Å². The molecule has 1 amide bonds. The Bertz CT molecular complexity index is 426. The lowest BCUT2D eigenvalue weighted by Crippen LogP contribution is -2.27. The molecule has 0 atom stereocenters. The van der Waals surface area contributed by atoms with Crippen molar-refractivity contribution in [2.45, 2.75) is 11.3 Å². The van der Waals surface area contributed by atoms with Gasteiger partial charge in [0, 0.05) is 11.4 Å². The molecule has 0 aliphatic rings. The number of nitrogens with one attached hydrogen (secondary N) is 1.